The first kappa shape index (κ1) is 16.1. The fraction of sp³-hybridized carbons (Fsp3) is 0.300. The van der Waals surface area contributed by atoms with Gasteiger partial charge < -0.3 is 11.5 Å². The summed E-state index contributed by atoms with van der Waals surface area (Å²) in [6.07, 6.45) is 1.83. The molecule has 7 nitrogen and oxygen atoms in total. The topological polar surface area (TPSA) is 120 Å². The molecule has 0 amide bonds. The van der Waals surface area contributed by atoms with E-state index in [9.17, 15) is 10.1 Å². The average molecular weight is 274 g/mol. The van der Waals surface area contributed by atoms with Gasteiger partial charge in [-0.2, -0.15) is 0 Å². The summed E-state index contributed by atoms with van der Waals surface area (Å²) in [6.45, 7) is 0.652. The molecular formula is C10H16ClN5O2. The molecule has 0 spiro atoms. The normalized spacial score (nSPS) is 10.6. The van der Waals surface area contributed by atoms with Gasteiger partial charge >= 0.3 is 0 Å². The number of hydrogen-bond donors (Lipinski definition) is 3. The van der Waals surface area contributed by atoms with Gasteiger partial charge in [0.15, 0.2) is 5.03 Å². The number of rotatable bonds is 5. The minimum Gasteiger partial charge on any atom is -0.365 e. The summed E-state index contributed by atoms with van der Waals surface area (Å²) in [4.78, 5) is 13.9. The Balaban J connectivity index is 0.00000289. The van der Waals surface area contributed by atoms with Crippen molar-refractivity contribution in [2.75, 3.05) is 6.54 Å². The highest BCUT2D eigenvalue weighted by atomic mass is 35.5. The molecule has 100 valence electrons. The van der Waals surface area contributed by atoms with Crippen LogP contribution in [0.4, 0.5) is 5.69 Å². The SMILES string of the molecule is Cl.NCCCc1ccc(N=C(N)N[N+](=O)[O-])cc1. The monoisotopic (exact) mass is 273 g/mol. The highest BCUT2D eigenvalue weighted by Gasteiger charge is 1.99. The second-order valence-corrected chi connectivity index (χ2v) is 3.42. The van der Waals surface area contributed by atoms with Crippen molar-refractivity contribution in [3.05, 3.63) is 39.9 Å². The van der Waals surface area contributed by atoms with E-state index in [1.807, 2.05) is 12.1 Å². The van der Waals surface area contributed by atoms with Gasteiger partial charge in [-0.1, -0.05) is 17.6 Å². The number of guanidine groups is 1. The second-order valence-electron chi connectivity index (χ2n) is 3.42. The minimum atomic E-state index is -0.756. The van der Waals surface area contributed by atoms with E-state index in [0.717, 1.165) is 18.4 Å². The molecule has 0 aliphatic rings. The molecule has 0 aliphatic carbocycles. The second kappa shape index (κ2) is 8.26. The van der Waals surface area contributed by atoms with Gasteiger partial charge in [0.1, 0.15) is 0 Å². The van der Waals surface area contributed by atoms with Gasteiger partial charge in [-0.25, -0.2) is 15.1 Å². The van der Waals surface area contributed by atoms with Crippen LogP contribution in [0.1, 0.15) is 12.0 Å². The van der Waals surface area contributed by atoms with E-state index in [1.165, 1.54) is 0 Å². The number of nitrogens with two attached hydrogens (primary N) is 2. The lowest BCUT2D eigenvalue weighted by Crippen LogP contribution is -2.35. The van der Waals surface area contributed by atoms with Crippen LogP contribution in [0.15, 0.2) is 29.3 Å². The summed E-state index contributed by atoms with van der Waals surface area (Å²) in [5.74, 6) is -0.246. The lowest BCUT2D eigenvalue weighted by Gasteiger charge is -2.01. The molecule has 1 aromatic rings. The molecular weight excluding hydrogens is 258 g/mol. The lowest BCUT2D eigenvalue weighted by molar-refractivity contribution is -0.525. The molecule has 18 heavy (non-hydrogen) atoms. The zero-order valence-corrected chi connectivity index (χ0v) is 10.5. The molecule has 0 radical (unpaired) electrons. The Hall–Kier alpha value is -1.86. The van der Waals surface area contributed by atoms with Crippen LogP contribution in [0.5, 0.6) is 0 Å². The number of hydrogen-bond acceptors (Lipinski definition) is 4. The van der Waals surface area contributed by atoms with Crippen molar-refractivity contribution in [3.63, 3.8) is 0 Å². The first-order chi connectivity index (χ1) is 8.11. The summed E-state index contributed by atoms with van der Waals surface area (Å²) in [5.41, 5.74) is 14.2. The molecule has 0 aliphatic heterocycles. The van der Waals surface area contributed by atoms with Crippen LogP contribution in [0, 0.1) is 10.1 Å². The number of nitrogens with one attached hydrogen (secondary N) is 1. The van der Waals surface area contributed by atoms with Crippen LogP contribution >= 0.6 is 12.4 Å². The molecule has 0 fully saturated rings. The quantitative estimate of drug-likeness (QED) is 0.316. The summed E-state index contributed by atoms with van der Waals surface area (Å²) in [7, 11) is 0. The van der Waals surface area contributed by atoms with Crippen LogP contribution in [0.2, 0.25) is 0 Å². The van der Waals surface area contributed by atoms with Gasteiger partial charge in [-0.3, -0.25) is 0 Å². The largest absolute Gasteiger partial charge is 0.365 e. The maximum atomic E-state index is 10.1. The molecule has 0 saturated heterocycles. The number of hydrazine groups is 1. The summed E-state index contributed by atoms with van der Waals surface area (Å²) >= 11 is 0. The fourth-order valence-electron chi connectivity index (χ4n) is 1.30. The van der Waals surface area contributed by atoms with E-state index >= 15 is 0 Å². The van der Waals surface area contributed by atoms with Gasteiger partial charge in [0.05, 0.1) is 5.69 Å². The standard InChI is InChI=1S/C10H15N5O2.ClH/c11-7-1-2-8-3-5-9(6-4-8)13-10(12)14-15(16)17;/h3-6H,1-2,7,11H2,(H3,12,13,14);1H. The Kier molecular flexibility index (Phi) is 7.41. The van der Waals surface area contributed by atoms with E-state index in [0.29, 0.717) is 12.2 Å². The Bertz CT molecular complexity index is 407. The Morgan fingerprint density at radius 2 is 2.00 bits per heavy atom. The maximum Gasteiger partial charge on any atom is 0.256 e. The minimum absolute atomic E-state index is 0. The van der Waals surface area contributed by atoms with E-state index < -0.39 is 5.03 Å². The van der Waals surface area contributed by atoms with Crippen molar-refractivity contribution in [2.24, 2.45) is 16.5 Å². The van der Waals surface area contributed by atoms with Crippen molar-refractivity contribution in [1.82, 2.24) is 5.43 Å². The van der Waals surface area contributed by atoms with Crippen LogP contribution in [-0.4, -0.2) is 17.5 Å². The first-order valence-corrected chi connectivity index (χ1v) is 5.16. The summed E-state index contributed by atoms with van der Waals surface area (Å²) in [5, 5.41) is 9.34. The van der Waals surface area contributed by atoms with E-state index in [4.69, 9.17) is 11.5 Å². The zero-order chi connectivity index (χ0) is 12.7. The first-order valence-electron chi connectivity index (χ1n) is 5.16. The Morgan fingerprint density at radius 1 is 1.39 bits per heavy atom. The third-order valence-corrected chi connectivity index (χ3v) is 2.06. The van der Waals surface area contributed by atoms with Crippen molar-refractivity contribution in [1.29, 1.82) is 0 Å². The molecule has 5 N–H and O–H groups in total. The van der Waals surface area contributed by atoms with E-state index in [1.54, 1.807) is 17.6 Å². The number of nitro groups is 1. The molecule has 1 aromatic carbocycles. The number of aryl methyl sites for hydroxylation is 1. The fourth-order valence-corrected chi connectivity index (χ4v) is 1.30. The van der Waals surface area contributed by atoms with Gasteiger partial charge in [0.2, 0.25) is 0 Å². The number of benzene rings is 1. The molecule has 0 heterocycles. The lowest BCUT2D eigenvalue weighted by atomic mass is 10.1. The zero-order valence-electron chi connectivity index (χ0n) is 9.70. The summed E-state index contributed by atoms with van der Waals surface area (Å²) in [6, 6.07) is 7.29. The predicted molar refractivity (Wildman–Crippen MR) is 72.5 cm³/mol. The Morgan fingerprint density at radius 3 is 2.50 bits per heavy atom. The van der Waals surface area contributed by atoms with Gasteiger partial charge in [-0.15, -0.1) is 12.4 Å². The molecule has 0 aromatic heterocycles. The van der Waals surface area contributed by atoms with Crippen LogP contribution in [-0.2, 0) is 6.42 Å². The smallest absolute Gasteiger partial charge is 0.256 e. The predicted octanol–water partition coefficient (Wildman–Crippen LogP) is 0.727. The highest BCUT2D eigenvalue weighted by Crippen LogP contribution is 2.13. The highest BCUT2D eigenvalue weighted by molar-refractivity contribution is 5.85. The third-order valence-electron chi connectivity index (χ3n) is 2.06. The average Bonchev–Trinajstić information content (AvgIpc) is 2.27. The van der Waals surface area contributed by atoms with Crippen LogP contribution < -0.4 is 16.9 Å². The third kappa shape index (κ3) is 6.02. The molecule has 0 bridgehead atoms. The maximum absolute atomic E-state index is 10.1. The van der Waals surface area contributed by atoms with Gasteiger partial charge in [0.25, 0.3) is 5.96 Å². The number of halogens is 1. The molecule has 1 rings (SSSR count). The number of nitrogens with zero attached hydrogens (tertiary/aromatic N) is 2. The van der Waals surface area contributed by atoms with Crippen molar-refractivity contribution in [2.45, 2.75) is 12.8 Å². The molecule has 8 heteroatoms. The van der Waals surface area contributed by atoms with Crippen LogP contribution in [0.3, 0.4) is 0 Å². The van der Waals surface area contributed by atoms with Crippen LogP contribution in [0.25, 0.3) is 0 Å². The van der Waals surface area contributed by atoms with E-state index in [2.05, 4.69) is 4.99 Å². The van der Waals surface area contributed by atoms with E-state index in [-0.39, 0.29) is 18.4 Å². The van der Waals surface area contributed by atoms with Crippen molar-refractivity contribution >= 4 is 24.1 Å². The Labute approximate surface area is 111 Å². The van der Waals surface area contributed by atoms with Crippen molar-refractivity contribution < 1.29 is 5.03 Å². The molecule has 0 unspecified atom stereocenters. The summed E-state index contributed by atoms with van der Waals surface area (Å²) < 4.78 is 0. The van der Waals surface area contributed by atoms with Gasteiger partial charge in [0, 0.05) is 0 Å². The van der Waals surface area contributed by atoms with Crippen molar-refractivity contribution in [3.8, 4) is 0 Å². The number of aliphatic imine (C=N–C) groups is 1. The molecule has 0 saturated carbocycles. The molecule has 0 atom stereocenters. The van der Waals surface area contributed by atoms with Gasteiger partial charge in [-0.05, 0) is 37.1 Å².